The summed E-state index contributed by atoms with van der Waals surface area (Å²) in [4.78, 5) is 0. The van der Waals surface area contributed by atoms with E-state index in [1.807, 2.05) is 0 Å². The van der Waals surface area contributed by atoms with Crippen molar-refractivity contribution in [2.45, 2.75) is 19.3 Å². The van der Waals surface area contributed by atoms with E-state index in [2.05, 4.69) is 10.5 Å². The van der Waals surface area contributed by atoms with Crippen LogP contribution in [0.5, 0.6) is 0 Å². The Hall–Kier alpha value is -1.93. The molecule has 26 heavy (non-hydrogen) atoms. The Morgan fingerprint density at radius 2 is 1.38 bits per heavy atom. The van der Waals surface area contributed by atoms with Crippen LogP contribution in [0.25, 0.3) is 0 Å². The SMILES string of the molecule is C/C(=N\Nc1cc(C(F)(F)F)cc(C(F)(F)F)c1)c1ccc(Cl)c(Cl)c1. The van der Waals surface area contributed by atoms with Crippen LogP contribution in [-0.4, -0.2) is 5.71 Å². The fourth-order valence-electron chi connectivity index (χ4n) is 1.95. The number of nitrogens with zero attached hydrogens (tertiary/aromatic N) is 1. The summed E-state index contributed by atoms with van der Waals surface area (Å²) < 4.78 is 76.9. The quantitative estimate of drug-likeness (QED) is 0.330. The van der Waals surface area contributed by atoms with Gasteiger partial charge in [0.1, 0.15) is 0 Å². The molecule has 0 aromatic heterocycles. The lowest BCUT2D eigenvalue weighted by Gasteiger charge is -2.14. The summed E-state index contributed by atoms with van der Waals surface area (Å²) in [5.41, 5.74) is -0.323. The molecule has 1 N–H and O–H groups in total. The second-order valence-electron chi connectivity index (χ2n) is 5.23. The molecule has 0 aliphatic carbocycles. The van der Waals surface area contributed by atoms with Crippen molar-refractivity contribution in [3.8, 4) is 0 Å². The first-order chi connectivity index (χ1) is 11.9. The van der Waals surface area contributed by atoms with Gasteiger partial charge in [0.25, 0.3) is 0 Å². The average Bonchev–Trinajstić information content (AvgIpc) is 2.53. The fourth-order valence-corrected chi connectivity index (χ4v) is 2.25. The maximum absolute atomic E-state index is 12.8. The molecule has 10 heteroatoms. The van der Waals surface area contributed by atoms with Crippen molar-refractivity contribution >= 4 is 34.6 Å². The average molecular weight is 415 g/mol. The molecule has 0 aliphatic rings. The maximum atomic E-state index is 12.8. The molecule has 0 aliphatic heterocycles. The second-order valence-corrected chi connectivity index (χ2v) is 6.05. The van der Waals surface area contributed by atoms with Crippen LogP contribution in [0.4, 0.5) is 32.0 Å². The molecule has 0 saturated heterocycles. The van der Waals surface area contributed by atoms with Crippen molar-refractivity contribution in [2.75, 3.05) is 5.43 Å². The summed E-state index contributed by atoms with van der Waals surface area (Å²) in [6.07, 6.45) is -9.86. The van der Waals surface area contributed by atoms with Crippen molar-refractivity contribution < 1.29 is 26.3 Å². The van der Waals surface area contributed by atoms with Gasteiger partial charge in [0.15, 0.2) is 0 Å². The van der Waals surface area contributed by atoms with Gasteiger partial charge in [0, 0.05) is 0 Å². The third kappa shape index (κ3) is 5.04. The maximum Gasteiger partial charge on any atom is 0.416 e. The Labute approximate surface area is 154 Å². The van der Waals surface area contributed by atoms with E-state index >= 15 is 0 Å². The van der Waals surface area contributed by atoms with Gasteiger partial charge in [-0.2, -0.15) is 31.4 Å². The molecule has 0 unspecified atom stereocenters. The Bertz CT molecular complexity index is 811. The van der Waals surface area contributed by atoms with Crippen LogP contribution >= 0.6 is 23.2 Å². The normalized spacial score (nSPS) is 13.0. The van der Waals surface area contributed by atoms with Gasteiger partial charge in [0.05, 0.1) is 32.6 Å². The van der Waals surface area contributed by atoms with Crippen molar-refractivity contribution in [1.82, 2.24) is 0 Å². The summed E-state index contributed by atoms with van der Waals surface area (Å²) in [5.74, 6) is 0. The predicted octanol–water partition coefficient (Wildman–Crippen LogP) is 6.87. The van der Waals surface area contributed by atoms with Crippen LogP contribution in [0.15, 0.2) is 41.5 Å². The van der Waals surface area contributed by atoms with Crippen LogP contribution in [0.1, 0.15) is 23.6 Å². The number of anilines is 1. The molecule has 0 fully saturated rings. The molecule has 0 radical (unpaired) electrons. The molecule has 0 bridgehead atoms. The van der Waals surface area contributed by atoms with Crippen LogP contribution in [0.2, 0.25) is 10.0 Å². The highest BCUT2D eigenvalue weighted by Crippen LogP contribution is 2.37. The zero-order valence-electron chi connectivity index (χ0n) is 12.9. The number of halogens is 8. The smallest absolute Gasteiger partial charge is 0.278 e. The van der Waals surface area contributed by atoms with Gasteiger partial charge in [-0.25, -0.2) is 0 Å². The minimum atomic E-state index is -4.93. The molecule has 0 amide bonds. The molecule has 2 nitrogen and oxygen atoms in total. The third-order valence-electron chi connectivity index (χ3n) is 3.28. The molecule has 0 heterocycles. The third-order valence-corrected chi connectivity index (χ3v) is 4.02. The van der Waals surface area contributed by atoms with E-state index in [4.69, 9.17) is 23.2 Å². The Balaban J connectivity index is 2.37. The number of rotatable bonds is 3. The summed E-state index contributed by atoms with van der Waals surface area (Å²) in [6, 6.07) is 5.65. The van der Waals surface area contributed by atoms with Gasteiger partial charge in [-0.15, -0.1) is 0 Å². The molecule has 0 spiro atoms. The van der Waals surface area contributed by atoms with Gasteiger partial charge < -0.3 is 0 Å². The second kappa shape index (κ2) is 7.36. The Kier molecular flexibility index (Phi) is 5.77. The number of hydrazone groups is 1. The van der Waals surface area contributed by atoms with E-state index in [9.17, 15) is 26.3 Å². The van der Waals surface area contributed by atoms with E-state index in [1.165, 1.54) is 19.1 Å². The largest absolute Gasteiger partial charge is 0.416 e. The molecule has 2 aromatic carbocycles. The minimum Gasteiger partial charge on any atom is -0.278 e. The Morgan fingerprint density at radius 3 is 1.85 bits per heavy atom. The molecule has 0 saturated carbocycles. The number of alkyl halides is 6. The Morgan fingerprint density at radius 1 is 0.846 bits per heavy atom. The highest BCUT2D eigenvalue weighted by Gasteiger charge is 2.36. The number of hydrogen-bond acceptors (Lipinski definition) is 2. The van der Waals surface area contributed by atoms with E-state index in [1.54, 1.807) is 6.07 Å². The van der Waals surface area contributed by atoms with Crippen LogP contribution in [-0.2, 0) is 12.4 Å². The first kappa shape index (κ1) is 20.4. The topological polar surface area (TPSA) is 24.4 Å². The molecule has 2 aromatic rings. The van der Waals surface area contributed by atoms with Crippen LogP contribution in [0.3, 0.4) is 0 Å². The van der Waals surface area contributed by atoms with Crippen molar-refractivity contribution in [3.63, 3.8) is 0 Å². The summed E-state index contributed by atoms with van der Waals surface area (Å²) in [6.45, 7) is 1.50. The van der Waals surface area contributed by atoms with E-state index in [-0.39, 0.29) is 16.8 Å². The lowest BCUT2D eigenvalue weighted by Crippen LogP contribution is -2.11. The van der Waals surface area contributed by atoms with E-state index in [0.717, 1.165) is 0 Å². The molecular weight excluding hydrogens is 405 g/mol. The molecule has 140 valence electrons. The summed E-state index contributed by atoms with van der Waals surface area (Å²) >= 11 is 11.6. The lowest BCUT2D eigenvalue weighted by molar-refractivity contribution is -0.143. The highest BCUT2D eigenvalue weighted by atomic mass is 35.5. The first-order valence-electron chi connectivity index (χ1n) is 6.93. The standard InChI is InChI=1S/C16H10Cl2F6N2/c1-8(9-2-3-13(17)14(18)4-9)25-26-12-6-10(15(19,20)21)5-11(7-12)16(22,23)24/h2-7,26H,1H3/b25-8+. The highest BCUT2D eigenvalue weighted by molar-refractivity contribution is 6.42. The van der Waals surface area contributed by atoms with Gasteiger partial charge in [-0.05, 0) is 42.8 Å². The molecule has 0 atom stereocenters. The number of nitrogens with one attached hydrogen (secondary N) is 1. The summed E-state index contributed by atoms with van der Waals surface area (Å²) in [5, 5.41) is 4.34. The molecular formula is C16H10Cl2F6N2. The first-order valence-corrected chi connectivity index (χ1v) is 7.69. The van der Waals surface area contributed by atoms with Gasteiger partial charge in [-0.1, -0.05) is 29.3 Å². The van der Waals surface area contributed by atoms with Gasteiger partial charge in [0.2, 0.25) is 0 Å². The zero-order valence-corrected chi connectivity index (χ0v) is 14.4. The van der Waals surface area contributed by atoms with Crippen LogP contribution in [0, 0.1) is 0 Å². The van der Waals surface area contributed by atoms with E-state index < -0.39 is 29.2 Å². The summed E-state index contributed by atoms with van der Waals surface area (Å²) in [7, 11) is 0. The van der Waals surface area contributed by atoms with Gasteiger partial charge >= 0.3 is 12.4 Å². The fraction of sp³-hybridized carbons (Fsp3) is 0.188. The van der Waals surface area contributed by atoms with E-state index in [0.29, 0.717) is 22.7 Å². The lowest BCUT2D eigenvalue weighted by atomic mass is 10.1. The van der Waals surface area contributed by atoms with Crippen molar-refractivity contribution in [1.29, 1.82) is 0 Å². The van der Waals surface area contributed by atoms with Gasteiger partial charge in [-0.3, -0.25) is 5.43 Å². The van der Waals surface area contributed by atoms with Crippen molar-refractivity contribution in [3.05, 3.63) is 63.1 Å². The predicted molar refractivity (Wildman–Crippen MR) is 88.7 cm³/mol. The van der Waals surface area contributed by atoms with Crippen LogP contribution < -0.4 is 5.43 Å². The number of hydrogen-bond donors (Lipinski definition) is 1. The minimum absolute atomic E-state index is 0.0424. The molecule has 2 rings (SSSR count). The monoisotopic (exact) mass is 414 g/mol. The zero-order chi connectivity index (χ0) is 19.7. The number of benzene rings is 2. The van der Waals surface area contributed by atoms with Crippen molar-refractivity contribution in [2.24, 2.45) is 5.10 Å².